The average Bonchev–Trinajstić information content (AvgIpc) is 2.46. The van der Waals surface area contributed by atoms with Crippen molar-refractivity contribution in [2.45, 2.75) is 0 Å². The number of fused-ring (bicyclic) bond motifs is 1. The van der Waals surface area contributed by atoms with Crippen LogP contribution in [0.25, 0.3) is 6.08 Å². The number of hydrogen-bond donors (Lipinski definition) is 0. The molecule has 0 atom stereocenters. The van der Waals surface area contributed by atoms with Gasteiger partial charge in [-0.05, 0) is 12.1 Å². The third-order valence-corrected chi connectivity index (χ3v) is 1.65. The van der Waals surface area contributed by atoms with E-state index in [-0.39, 0.29) is 0 Å². The molecule has 2 rings (SSSR count). The summed E-state index contributed by atoms with van der Waals surface area (Å²) in [5.74, 6) is 0. The van der Waals surface area contributed by atoms with E-state index in [0.29, 0.717) is 0 Å². The fourth-order valence-corrected chi connectivity index (χ4v) is 1.11. The summed E-state index contributed by atoms with van der Waals surface area (Å²) < 4.78 is 0. The number of hydrogen-bond acceptors (Lipinski definition) is 1. The first kappa shape index (κ1) is 6.14. The number of para-hydroxylation sites is 1. The third-order valence-electron chi connectivity index (χ3n) is 1.65. The molecule has 0 bridgehead atoms. The fourth-order valence-electron chi connectivity index (χ4n) is 1.11. The van der Waals surface area contributed by atoms with Gasteiger partial charge in [0, 0.05) is 5.22 Å². The van der Waals surface area contributed by atoms with E-state index in [2.05, 4.69) is 17.3 Å². The monoisotopic (exact) mass is 141 g/mol. The van der Waals surface area contributed by atoms with E-state index in [9.17, 15) is 0 Å². The number of allylic oxidation sites excluding steroid dienone is 1. The fraction of sp³-hybridized carbons (Fsp3) is 0. The largest absolute Gasteiger partial charge is 0.240 e. The molecule has 1 aromatic rings. The molecule has 1 nitrogen and oxygen atoms in total. The maximum absolute atomic E-state index is 4.26. The Kier molecular flexibility index (Phi) is 1.24. The lowest BCUT2D eigenvalue weighted by Gasteiger charge is -1.77. The Bertz CT molecular complexity index is 411. The topological polar surface area (TPSA) is 12.4 Å². The van der Waals surface area contributed by atoms with Gasteiger partial charge in [0.2, 0.25) is 0 Å². The van der Waals surface area contributed by atoms with Crippen molar-refractivity contribution in [2.75, 3.05) is 0 Å². The van der Waals surface area contributed by atoms with Crippen molar-refractivity contribution in [1.82, 2.24) is 0 Å². The molecule has 0 aromatic heterocycles. The number of benzene rings is 1. The van der Waals surface area contributed by atoms with Crippen molar-refractivity contribution in [3.8, 4) is 0 Å². The van der Waals surface area contributed by atoms with Crippen molar-refractivity contribution in [1.29, 1.82) is 0 Å². The molecule has 1 aromatic carbocycles. The minimum absolute atomic E-state index is 0.825. The minimum Gasteiger partial charge on any atom is -0.240 e. The number of rotatable bonds is 0. The van der Waals surface area contributed by atoms with Crippen LogP contribution in [0.2, 0.25) is 0 Å². The van der Waals surface area contributed by atoms with Crippen LogP contribution in [0.3, 0.4) is 0 Å². The Morgan fingerprint density at radius 1 is 1.27 bits per heavy atom. The van der Waals surface area contributed by atoms with Gasteiger partial charge in [0.1, 0.15) is 5.70 Å². The highest BCUT2D eigenvalue weighted by atomic mass is 14.7. The van der Waals surface area contributed by atoms with E-state index < -0.39 is 0 Å². The summed E-state index contributed by atoms with van der Waals surface area (Å²) in [7, 11) is 0. The van der Waals surface area contributed by atoms with Crippen LogP contribution in [0, 0.1) is 0 Å². The second-order valence-electron chi connectivity index (χ2n) is 2.38. The smallest absolute Gasteiger partial charge is 0.106 e. The minimum atomic E-state index is 0.825. The van der Waals surface area contributed by atoms with Gasteiger partial charge in [-0.3, -0.25) is 0 Å². The van der Waals surface area contributed by atoms with Gasteiger partial charge < -0.3 is 0 Å². The molecule has 1 heteroatoms. The molecule has 52 valence electrons. The van der Waals surface area contributed by atoms with Crippen molar-refractivity contribution < 1.29 is 0 Å². The highest BCUT2D eigenvalue weighted by Crippen LogP contribution is 1.96. The first-order valence-corrected chi connectivity index (χ1v) is 3.46. The Labute approximate surface area is 64.7 Å². The molecule has 0 unspecified atom stereocenters. The van der Waals surface area contributed by atoms with E-state index in [4.69, 9.17) is 0 Å². The van der Waals surface area contributed by atoms with Gasteiger partial charge in [-0.2, -0.15) is 0 Å². The van der Waals surface area contributed by atoms with Gasteiger partial charge in [-0.15, -0.1) is 5.73 Å². The summed E-state index contributed by atoms with van der Waals surface area (Å²) in [6.07, 6.45) is 1.97. The SMILES string of the molecule is C=C=C1C=c2ccccc2=N1. The Morgan fingerprint density at radius 3 is 2.82 bits per heavy atom. The average molecular weight is 141 g/mol. The van der Waals surface area contributed by atoms with Gasteiger partial charge in [0.15, 0.2) is 0 Å². The molecule has 11 heavy (non-hydrogen) atoms. The van der Waals surface area contributed by atoms with Crippen LogP contribution in [0.4, 0.5) is 0 Å². The molecule has 0 radical (unpaired) electrons. The summed E-state index contributed by atoms with van der Waals surface area (Å²) in [6, 6.07) is 7.98. The van der Waals surface area contributed by atoms with Gasteiger partial charge in [-0.25, -0.2) is 4.99 Å². The van der Waals surface area contributed by atoms with E-state index >= 15 is 0 Å². The normalized spacial score (nSPS) is 12.9. The van der Waals surface area contributed by atoms with Crippen molar-refractivity contribution in [3.05, 3.63) is 52.8 Å². The van der Waals surface area contributed by atoms with E-state index in [1.54, 1.807) is 0 Å². The summed E-state index contributed by atoms with van der Waals surface area (Å²) in [5, 5.41) is 2.16. The molecule has 1 heterocycles. The van der Waals surface area contributed by atoms with Crippen molar-refractivity contribution in [3.63, 3.8) is 0 Å². The zero-order valence-corrected chi connectivity index (χ0v) is 6.04. The lowest BCUT2D eigenvalue weighted by Crippen LogP contribution is -2.19. The van der Waals surface area contributed by atoms with Crippen LogP contribution in [0.15, 0.2) is 47.3 Å². The Balaban J connectivity index is 2.91. The van der Waals surface area contributed by atoms with Crippen molar-refractivity contribution in [2.24, 2.45) is 4.99 Å². The molecule has 0 amide bonds. The van der Waals surface area contributed by atoms with Crippen molar-refractivity contribution >= 4 is 6.08 Å². The second-order valence-corrected chi connectivity index (χ2v) is 2.38. The first-order chi connectivity index (χ1) is 5.40. The molecule has 0 fully saturated rings. The quantitative estimate of drug-likeness (QED) is 0.473. The van der Waals surface area contributed by atoms with Crippen LogP contribution in [-0.4, -0.2) is 0 Å². The van der Waals surface area contributed by atoms with Gasteiger partial charge >= 0.3 is 0 Å². The Morgan fingerprint density at radius 2 is 2.09 bits per heavy atom. The molecule has 0 saturated carbocycles. The molecule has 1 aliphatic rings. The van der Waals surface area contributed by atoms with Crippen LogP contribution in [0.5, 0.6) is 0 Å². The molecular weight excluding hydrogens is 134 g/mol. The lowest BCUT2D eigenvalue weighted by atomic mass is 10.3. The van der Waals surface area contributed by atoms with Gasteiger partial charge in [0.05, 0.1) is 5.36 Å². The maximum Gasteiger partial charge on any atom is 0.106 e. The standard InChI is InChI=1S/C10H7N/c1-2-9-7-8-5-3-4-6-10(8)11-9/h3-7H,1H2. The molecule has 0 saturated heterocycles. The van der Waals surface area contributed by atoms with E-state index in [1.165, 1.54) is 0 Å². The summed E-state index contributed by atoms with van der Waals surface area (Å²) in [4.78, 5) is 4.26. The third kappa shape index (κ3) is 0.917. The van der Waals surface area contributed by atoms with Crippen LogP contribution in [-0.2, 0) is 0 Å². The number of nitrogens with zero attached hydrogens (tertiary/aromatic N) is 1. The maximum atomic E-state index is 4.26. The van der Waals surface area contributed by atoms with Crippen LogP contribution >= 0.6 is 0 Å². The van der Waals surface area contributed by atoms with E-state index in [1.807, 2.05) is 30.3 Å². The zero-order valence-electron chi connectivity index (χ0n) is 6.04. The zero-order chi connectivity index (χ0) is 7.68. The Hall–Kier alpha value is -1.59. The first-order valence-electron chi connectivity index (χ1n) is 3.46. The predicted molar refractivity (Wildman–Crippen MR) is 44.3 cm³/mol. The highest BCUT2D eigenvalue weighted by Gasteiger charge is 1.95. The summed E-state index contributed by atoms with van der Waals surface area (Å²) in [6.45, 7) is 3.54. The van der Waals surface area contributed by atoms with Crippen LogP contribution < -0.4 is 10.6 Å². The molecule has 0 spiro atoms. The summed E-state index contributed by atoms with van der Waals surface area (Å²) >= 11 is 0. The van der Waals surface area contributed by atoms with Gasteiger partial charge in [0.25, 0.3) is 0 Å². The second kappa shape index (κ2) is 2.22. The highest BCUT2D eigenvalue weighted by molar-refractivity contribution is 5.48. The van der Waals surface area contributed by atoms with E-state index in [0.717, 1.165) is 16.3 Å². The molecular formula is C10H7N. The predicted octanol–water partition coefficient (Wildman–Crippen LogP) is 0.769. The van der Waals surface area contributed by atoms with Gasteiger partial charge in [-0.1, -0.05) is 24.8 Å². The summed E-state index contributed by atoms with van der Waals surface area (Å²) in [5.41, 5.74) is 3.58. The molecule has 1 aliphatic heterocycles. The molecule has 0 aliphatic carbocycles. The van der Waals surface area contributed by atoms with Crippen LogP contribution in [0.1, 0.15) is 0 Å². The molecule has 0 N–H and O–H groups in total. The lowest BCUT2D eigenvalue weighted by molar-refractivity contribution is 1.33.